The Morgan fingerprint density at radius 3 is 2.83 bits per heavy atom. The molecule has 4 heterocycles. The van der Waals surface area contributed by atoms with E-state index in [0.29, 0.717) is 31.0 Å². The molecule has 0 spiro atoms. The van der Waals surface area contributed by atoms with Gasteiger partial charge in [-0.25, -0.2) is 14.6 Å². The van der Waals surface area contributed by atoms with Gasteiger partial charge in [-0.3, -0.25) is 9.69 Å². The van der Waals surface area contributed by atoms with Gasteiger partial charge in [-0.05, 0) is 12.1 Å². The highest BCUT2D eigenvalue weighted by Crippen LogP contribution is 2.33. The van der Waals surface area contributed by atoms with Crippen LogP contribution in [0, 0.1) is 11.3 Å². The predicted octanol–water partition coefficient (Wildman–Crippen LogP) is 2.81. The highest BCUT2D eigenvalue weighted by atomic mass is 19.3. The van der Waals surface area contributed by atoms with Gasteiger partial charge in [0.15, 0.2) is 5.82 Å². The molecule has 10 heteroatoms. The van der Waals surface area contributed by atoms with Gasteiger partial charge in [0.2, 0.25) is 5.91 Å². The third kappa shape index (κ3) is 3.71. The summed E-state index contributed by atoms with van der Waals surface area (Å²) in [6.07, 6.45) is 1.62. The average molecular weight is 411 g/mol. The lowest BCUT2D eigenvalue weighted by Crippen LogP contribution is -2.45. The van der Waals surface area contributed by atoms with Crippen molar-refractivity contribution in [2.45, 2.75) is 25.7 Å². The van der Waals surface area contributed by atoms with Crippen molar-refractivity contribution in [2.75, 3.05) is 25.0 Å². The molecule has 3 aromatic rings. The first-order valence-corrected chi connectivity index (χ1v) is 9.37. The molecule has 30 heavy (non-hydrogen) atoms. The normalized spacial score (nSPS) is 15.0. The smallest absolute Gasteiger partial charge is 0.287 e. The van der Waals surface area contributed by atoms with E-state index in [1.165, 1.54) is 23.7 Å². The summed E-state index contributed by atoms with van der Waals surface area (Å²) in [6.45, 7) is 3.86. The predicted molar refractivity (Wildman–Crippen MR) is 105 cm³/mol. The van der Waals surface area contributed by atoms with Gasteiger partial charge in [0.1, 0.15) is 11.5 Å². The Bertz CT molecular complexity index is 1160. The SMILES string of the molecule is CC(=O)Nc1cc2c(cn1)c(C1CN(CC#N)C1)nn2-c1cccc(C(C)(F)F)n1. The van der Waals surface area contributed by atoms with E-state index in [2.05, 4.69) is 26.5 Å². The first-order chi connectivity index (χ1) is 14.3. The highest BCUT2D eigenvalue weighted by Gasteiger charge is 2.32. The fourth-order valence-electron chi connectivity index (χ4n) is 3.52. The lowest BCUT2D eigenvalue weighted by atomic mass is 9.94. The van der Waals surface area contributed by atoms with E-state index < -0.39 is 5.92 Å². The van der Waals surface area contributed by atoms with Crippen molar-refractivity contribution in [2.24, 2.45) is 0 Å². The maximum absolute atomic E-state index is 13.8. The van der Waals surface area contributed by atoms with Crippen LogP contribution in [0.2, 0.25) is 0 Å². The number of carbonyl (C=O) groups excluding carboxylic acids is 1. The number of rotatable bonds is 5. The second-order valence-electron chi connectivity index (χ2n) is 7.38. The third-order valence-electron chi connectivity index (χ3n) is 4.94. The molecule has 1 fully saturated rings. The Morgan fingerprint density at radius 1 is 1.40 bits per heavy atom. The fourth-order valence-corrected chi connectivity index (χ4v) is 3.52. The number of pyridine rings is 2. The number of anilines is 1. The molecule has 8 nitrogen and oxygen atoms in total. The molecule has 1 aliphatic rings. The summed E-state index contributed by atoms with van der Waals surface area (Å²) < 4.78 is 29.1. The first kappa shape index (κ1) is 19.8. The van der Waals surface area contributed by atoms with Crippen LogP contribution in [0.4, 0.5) is 14.6 Å². The molecule has 3 aromatic heterocycles. The number of likely N-dealkylation sites (tertiary alicyclic amines) is 1. The van der Waals surface area contributed by atoms with E-state index in [1.54, 1.807) is 18.3 Å². The number of alkyl halides is 2. The number of hydrogen-bond acceptors (Lipinski definition) is 6. The lowest BCUT2D eigenvalue weighted by Gasteiger charge is -2.36. The van der Waals surface area contributed by atoms with Crippen molar-refractivity contribution in [3.8, 4) is 11.9 Å². The minimum atomic E-state index is -3.09. The standard InChI is InChI=1S/C20H19F2N7O/c1-12(30)25-17-8-15-14(9-24-17)19(13-10-28(11-13)7-6-23)27-29(15)18-5-3-4-16(26-18)20(2,21)22/h3-5,8-9,13H,7,10-11H2,1-2H3,(H,24,25,30). The van der Waals surface area contributed by atoms with Crippen molar-refractivity contribution in [1.29, 1.82) is 5.26 Å². The summed E-state index contributed by atoms with van der Waals surface area (Å²) in [5, 5.41) is 16.9. The molecule has 1 N–H and O–H groups in total. The van der Waals surface area contributed by atoms with Crippen LogP contribution in [0.1, 0.15) is 31.2 Å². The zero-order chi connectivity index (χ0) is 21.5. The van der Waals surface area contributed by atoms with E-state index in [4.69, 9.17) is 5.26 Å². The van der Waals surface area contributed by atoms with E-state index in [9.17, 15) is 13.6 Å². The maximum atomic E-state index is 13.8. The Kier molecular flexibility index (Phi) is 4.91. The summed E-state index contributed by atoms with van der Waals surface area (Å²) in [5.74, 6) is -2.69. The van der Waals surface area contributed by atoms with Crippen LogP contribution in [0.5, 0.6) is 0 Å². The summed E-state index contributed by atoms with van der Waals surface area (Å²) in [6, 6.07) is 8.16. The van der Waals surface area contributed by atoms with E-state index in [0.717, 1.165) is 18.0 Å². The lowest BCUT2D eigenvalue weighted by molar-refractivity contribution is -0.114. The molecule has 0 radical (unpaired) electrons. The van der Waals surface area contributed by atoms with Crippen LogP contribution in [0.3, 0.4) is 0 Å². The van der Waals surface area contributed by atoms with E-state index in [1.807, 2.05) is 4.90 Å². The first-order valence-electron chi connectivity index (χ1n) is 9.37. The number of amides is 1. The number of nitrogens with zero attached hydrogens (tertiary/aromatic N) is 6. The summed E-state index contributed by atoms with van der Waals surface area (Å²) in [5.41, 5.74) is 1.01. The number of nitriles is 1. The van der Waals surface area contributed by atoms with Gasteiger partial charge >= 0.3 is 0 Å². The molecule has 1 saturated heterocycles. The van der Waals surface area contributed by atoms with Gasteiger partial charge in [0.05, 0.1) is 23.8 Å². The molecular weight excluding hydrogens is 392 g/mol. The molecule has 0 aliphatic carbocycles. The maximum Gasteiger partial charge on any atom is 0.287 e. The molecule has 0 atom stereocenters. The van der Waals surface area contributed by atoms with Crippen LogP contribution in [-0.4, -0.2) is 50.2 Å². The molecular formula is C20H19F2N7O. The largest absolute Gasteiger partial charge is 0.311 e. The fraction of sp³-hybridized carbons (Fsp3) is 0.350. The van der Waals surface area contributed by atoms with Crippen molar-refractivity contribution in [3.05, 3.63) is 41.9 Å². The van der Waals surface area contributed by atoms with Crippen molar-refractivity contribution >= 4 is 22.6 Å². The van der Waals surface area contributed by atoms with Crippen LogP contribution < -0.4 is 5.32 Å². The highest BCUT2D eigenvalue weighted by molar-refractivity contribution is 5.91. The van der Waals surface area contributed by atoms with Crippen LogP contribution in [0.15, 0.2) is 30.5 Å². The van der Waals surface area contributed by atoms with E-state index >= 15 is 0 Å². The van der Waals surface area contributed by atoms with Gasteiger partial charge in [0.25, 0.3) is 5.92 Å². The van der Waals surface area contributed by atoms with Crippen molar-refractivity contribution in [1.82, 2.24) is 24.6 Å². The molecule has 154 valence electrons. The zero-order valence-electron chi connectivity index (χ0n) is 16.4. The minimum absolute atomic E-state index is 0.0892. The number of nitrogens with one attached hydrogen (secondary N) is 1. The minimum Gasteiger partial charge on any atom is -0.311 e. The molecule has 0 aromatic carbocycles. The van der Waals surface area contributed by atoms with Gasteiger partial charge < -0.3 is 5.32 Å². The molecule has 4 rings (SSSR count). The number of fused-ring (bicyclic) bond motifs is 1. The second-order valence-corrected chi connectivity index (χ2v) is 7.38. The summed E-state index contributed by atoms with van der Waals surface area (Å²) in [4.78, 5) is 21.8. The molecule has 1 amide bonds. The Hall–Kier alpha value is -3.45. The van der Waals surface area contributed by atoms with Crippen LogP contribution >= 0.6 is 0 Å². The molecule has 1 aliphatic heterocycles. The van der Waals surface area contributed by atoms with Crippen molar-refractivity contribution in [3.63, 3.8) is 0 Å². The number of halogens is 2. The summed E-state index contributed by atoms with van der Waals surface area (Å²) >= 11 is 0. The second kappa shape index (κ2) is 7.42. The number of aromatic nitrogens is 4. The third-order valence-corrected chi connectivity index (χ3v) is 4.94. The van der Waals surface area contributed by atoms with Gasteiger partial charge in [-0.1, -0.05) is 6.07 Å². The molecule has 0 bridgehead atoms. The Balaban J connectivity index is 1.82. The van der Waals surface area contributed by atoms with Crippen molar-refractivity contribution < 1.29 is 13.6 Å². The van der Waals surface area contributed by atoms with Gasteiger partial charge in [-0.2, -0.15) is 19.1 Å². The van der Waals surface area contributed by atoms with E-state index in [-0.39, 0.29) is 23.3 Å². The Labute approximate surface area is 171 Å². The van der Waals surface area contributed by atoms with Crippen LogP contribution in [-0.2, 0) is 10.7 Å². The summed E-state index contributed by atoms with van der Waals surface area (Å²) in [7, 11) is 0. The Morgan fingerprint density at radius 2 is 2.17 bits per heavy atom. The topological polar surface area (TPSA) is 99.7 Å². The number of carbonyl (C=O) groups is 1. The zero-order valence-corrected chi connectivity index (χ0v) is 16.4. The quantitative estimate of drug-likeness (QED) is 0.648. The molecule has 0 unspecified atom stereocenters. The van der Waals surface area contributed by atoms with Crippen LogP contribution in [0.25, 0.3) is 16.7 Å². The number of hydrogen-bond donors (Lipinski definition) is 1. The van der Waals surface area contributed by atoms with Gasteiger partial charge in [0, 0.05) is 50.5 Å². The monoisotopic (exact) mass is 411 g/mol. The molecule has 0 saturated carbocycles. The van der Waals surface area contributed by atoms with Gasteiger partial charge in [-0.15, -0.1) is 0 Å². The average Bonchev–Trinajstić information content (AvgIpc) is 3.01.